The molecule has 1 amide bonds. The largest absolute Gasteiger partial charge is 0.325 e. The Bertz CT molecular complexity index is 636. The molecule has 1 fully saturated rings. The number of nitrogens with zero attached hydrogens (tertiary/aromatic N) is 4. The van der Waals surface area contributed by atoms with Crippen molar-refractivity contribution in [1.29, 1.82) is 5.26 Å². The number of aromatic nitrogens is 1. The van der Waals surface area contributed by atoms with Crippen molar-refractivity contribution >= 4 is 37.5 Å². The fourth-order valence-corrected chi connectivity index (χ4v) is 3.50. The number of likely N-dealkylation sites (N-methyl/N-ethyl adjacent to an activating group) is 2. The number of likely N-dealkylation sites (tertiary alicyclic amines) is 1. The first-order valence-electron chi connectivity index (χ1n) is 7.02. The summed E-state index contributed by atoms with van der Waals surface area (Å²) in [4.78, 5) is 29.6. The van der Waals surface area contributed by atoms with E-state index in [2.05, 4.69) is 36.3 Å². The molecule has 23 heavy (non-hydrogen) atoms. The predicted molar refractivity (Wildman–Crippen MR) is 91.8 cm³/mol. The molecule has 6 nitrogen and oxygen atoms in total. The van der Waals surface area contributed by atoms with Gasteiger partial charge in [-0.2, -0.15) is 5.26 Å². The third kappa shape index (κ3) is 3.09. The van der Waals surface area contributed by atoms with Gasteiger partial charge in [0.2, 0.25) is 0 Å². The van der Waals surface area contributed by atoms with Crippen LogP contribution in [0.5, 0.6) is 0 Å². The highest BCUT2D eigenvalue weighted by atomic mass is 32.1. The Hall–Kier alpha value is -1.56. The van der Waals surface area contributed by atoms with Gasteiger partial charge in [-0.1, -0.05) is 6.07 Å². The van der Waals surface area contributed by atoms with Gasteiger partial charge in [-0.15, -0.1) is 25.3 Å². The molecule has 1 aromatic rings. The van der Waals surface area contributed by atoms with Crippen LogP contribution in [0.3, 0.4) is 0 Å². The van der Waals surface area contributed by atoms with E-state index in [1.807, 2.05) is 6.07 Å². The monoisotopic (exact) mass is 350 g/mol. The van der Waals surface area contributed by atoms with Crippen molar-refractivity contribution in [2.75, 3.05) is 14.1 Å². The molecule has 2 heterocycles. The van der Waals surface area contributed by atoms with E-state index >= 15 is 0 Å². The Morgan fingerprint density at radius 2 is 2.39 bits per heavy atom. The standard InChI is InChI=1S/C15H18N4O2S2/c1-18(12(22)9-20)14(21)15(23)6-11(7-16)13(19(15)2)10-4-3-5-17-8-10/h3-5,8-9,11-13,22-23H,6H2,1-2H3. The molecular weight excluding hydrogens is 332 g/mol. The van der Waals surface area contributed by atoms with Gasteiger partial charge in [-0.05, 0) is 18.7 Å². The summed E-state index contributed by atoms with van der Waals surface area (Å²) in [6.45, 7) is 0. The number of hydrogen-bond acceptors (Lipinski definition) is 7. The second-order valence-electron chi connectivity index (χ2n) is 5.56. The van der Waals surface area contributed by atoms with Crippen LogP contribution < -0.4 is 0 Å². The van der Waals surface area contributed by atoms with Gasteiger partial charge in [0, 0.05) is 25.9 Å². The maximum absolute atomic E-state index is 12.8. The van der Waals surface area contributed by atoms with Gasteiger partial charge in [-0.25, -0.2) is 0 Å². The molecule has 1 aliphatic heterocycles. The number of pyridine rings is 1. The third-order valence-corrected chi connectivity index (χ3v) is 5.42. The molecule has 2 rings (SSSR count). The molecule has 0 aliphatic carbocycles. The Balaban J connectivity index is 2.37. The fourth-order valence-electron chi connectivity index (χ4n) is 2.92. The quantitative estimate of drug-likeness (QED) is 0.484. The highest BCUT2D eigenvalue weighted by Gasteiger charge is 2.54. The Morgan fingerprint density at radius 3 is 2.91 bits per heavy atom. The summed E-state index contributed by atoms with van der Waals surface area (Å²) in [6.07, 6.45) is 4.17. The highest BCUT2D eigenvalue weighted by molar-refractivity contribution is 7.82. The second kappa shape index (κ2) is 6.91. The minimum absolute atomic E-state index is 0.255. The van der Waals surface area contributed by atoms with Crippen molar-refractivity contribution in [3.8, 4) is 6.07 Å². The van der Waals surface area contributed by atoms with Crippen molar-refractivity contribution < 1.29 is 9.59 Å². The van der Waals surface area contributed by atoms with E-state index < -0.39 is 16.2 Å². The van der Waals surface area contributed by atoms with Crippen LogP contribution in [-0.4, -0.2) is 51.3 Å². The number of rotatable bonds is 4. The lowest BCUT2D eigenvalue weighted by Gasteiger charge is -2.36. The third-order valence-electron chi connectivity index (χ3n) is 4.26. The lowest BCUT2D eigenvalue weighted by atomic mass is 9.95. The van der Waals surface area contributed by atoms with Crippen LogP contribution in [0, 0.1) is 17.2 Å². The molecule has 1 aromatic heterocycles. The number of thiol groups is 2. The Labute approximate surface area is 146 Å². The molecule has 0 spiro atoms. The van der Waals surface area contributed by atoms with E-state index in [-0.39, 0.29) is 18.4 Å². The zero-order valence-corrected chi connectivity index (χ0v) is 14.6. The summed E-state index contributed by atoms with van der Waals surface area (Å²) in [5.41, 5.74) is 0.853. The first-order valence-corrected chi connectivity index (χ1v) is 7.98. The number of carbonyl (C=O) groups excluding carboxylic acids is 2. The van der Waals surface area contributed by atoms with E-state index in [4.69, 9.17) is 0 Å². The van der Waals surface area contributed by atoms with E-state index in [9.17, 15) is 14.9 Å². The van der Waals surface area contributed by atoms with Crippen molar-refractivity contribution in [2.24, 2.45) is 5.92 Å². The molecule has 4 unspecified atom stereocenters. The van der Waals surface area contributed by atoms with Crippen molar-refractivity contribution in [3.05, 3.63) is 30.1 Å². The van der Waals surface area contributed by atoms with Gasteiger partial charge in [0.1, 0.15) is 10.2 Å². The molecule has 1 saturated heterocycles. The average molecular weight is 350 g/mol. The average Bonchev–Trinajstić information content (AvgIpc) is 2.85. The molecule has 8 heteroatoms. The SMILES string of the molecule is CN(C(=O)C1(S)CC(C#N)C(c2cccnc2)N1C)C(S)C=O. The molecular formula is C15H18N4O2S2. The van der Waals surface area contributed by atoms with Crippen molar-refractivity contribution in [1.82, 2.24) is 14.8 Å². The molecule has 1 aliphatic rings. The van der Waals surface area contributed by atoms with Crippen LogP contribution >= 0.6 is 25.3 Å². The van der Waals surface area contributed by atoms with Gasteiger partial charge >= 0.3 is 0 Å². The molecule has 0 N–H and O–H groups in total. The van der Waals surface area contributed by atoms with Crippen LogP contribution in [0.1, 0.15) is 18.0 Å². The first kappa shape index (κ1) is 17.8. The summed E-state index contributed by atoms with van der Waals surface area (Å²) in [5, 5.41) is 8.65. The number of nitriles is 1. The molecule has 122 valence electrons. The Kier molecular flexibility index (Phi) is 5.34. The molecule has 0 radical (unpaired) electrons. The first-order chi connectivity index (χ1) is 10.9. The topological polar surface area (TPSA) is 77.3 Å². The highest BCUT2D eigenvalue weighted by Crippen LogP contribution is 2.48. The van der Waals surface area contributed by atoms with Gasteiger partial charge in [0.25, 0.3) is 5.91 Å². The smallest absolute Gasteiger partial charge is 0.254 e. The summed E-state index contributed by atoms with van der Waals surface area (Å²) in [6, 6.07) is 5.63. The van der Waals surface area contributed by atoms with Gasteiger partial charge in [0.15, 0.2) is 6.29 Å². The van der Waals surface area contributed by atoms with Crippen LogP contribution in [-0.2, 0) is 9.59 Å². The van der Waals surface area contributed by atoms with E-state index in [0.717, 1.165) is 5.56 Å². The zero-order chi connectivity index (χ0) is 17.2. The molecule has 0 aromatic carbocycles. The minimum atomic E-state index is -1.18. The number of aldehydes is 1. The molecule has 0 saturated carbocycles. The number of amides is 1. The van der Waals surface area contributed by atoms with E-state index in [1.165, 1.54) is 11.9 Å². The summed E-state index contributed by atoms with van der Waals surface area (Å²) in [5.74, 6) is -0.768. The van der Waals surface area contributed by atoms with Crippen molar-refractivity contribution in [2.45, 2.75) is 22.7 Å². The zero-order valence-electron chi connectivity index (χ0n) is 12.8. The lowest BCUT2D eigenvalue weighted by molar-refractivity contribution is -0.138. The fraction of sp³-hybridized carbons (Fsp3) is 0.467. The van der Waals surface area contributed by atoms with Crippen molar-refractivity contribution in [3.63, 3.8) is 0 Å². The maximum Gasteiger partial charge on any atom is 0.254 e. The number of carbonyl (C=O) groups is 2. The van der Waals surface area contributed by atoms with Crippen LogP contribution in [0.15, 0.2) is 24.5 Å². The summed E-state index contributed by atoms with van der Waals surface area (Å²) >= 11 is 8.65. The Morgan fingerprint density at radius 1 is 1.70 bits per heavy atom. The van der Waals surface area contributed by atoms with Crippen LogP contribution in [0.2, 0.25) is 0 Å². The normalized spacial score (nSPS) is 28.8. The van der Waals surface area contributed by atoms with Gasteiger partial charge in [0.05, 0.1) is 18.0 Å². The van der Waals surface area contributed by atoms with Gasteiger partial charge < -0.3 is 9.69 Å². The minimum Gasteiger partial charge on any atom is -0.325 e. The van der Waals surface area contributed by atoms with E-state index in [1.54, 1.807) is 30.4 Å². The second-order valence-corrected chi connectivity index (χ2v) is 6.83. The maximum atomic E-state index is 12.8. The number of hydrogen-bond donors (Lipinski definition) is 2. The molecule has 4 atom stereocenters. The lowest BCUT2D eigenvalue weighted by Crippen LogP contribution is -2.53. The summed E-state index contributed by atoms with van der Waals surface area (Å²) < 4.78 is 0. The predicted octanol–water partition coefficient (Wildman–Crippen LogP) is 1.14. The summed E-state index contributed by atoms with van der Waals surface area (Å²) in [7, 11) is 3.25. The molecule has 0 bridgehead atoms. The van der Waals surface area contributed by atoms with E-state index in [0.29, 0.717) is 6.29 Å². The van der Waals surface area contributed by atoms with Crippen LogP contribution in [0.4, 0.5) is 0 Å². The van der Waals surface area contributed by atoms with Crippen LogP contribution in [0.25, 0.3) is 0 Å². The van der Waals surface area contributed by atoms with Gasteiger partial charge in [-0.3, -0.25) is 14.7 Å².